The number of aliphatic imine (C=N–C) groups is 1. The Hall–Kier alpha value is -1.15. The van der Waals surface area contributed by atoms with Crippen LogP contribution in [0.2, 0.25) is 0 Å². The summed E-state index contributed by atoms with van der Waals surface area (Å²) >= 11 is 1.73. The Balaban J connectivity index is 0.00000220. The molecule has 6 heteroatoms. The molecule has 1 aromatic heterocycles. The highest BCUT2D eigenvalue weighted by molar-refractivity contribution is 14.0. The van der Waals surface area contributed by atoms with E-state index in [4.69, 9.17) is 5.73 Å². The van der Waals surface area contributed by atoms with Crippen LogP contribution >= 0.6 is 35.3 Å². The van der Waals surface area contributed by atoms with Gasteiger partial charge in [0.2, 0.25) is 0 Å². The Kier molecular flexibility index (Phi) is 7.66. The molecule has 0 saturated carbocycles. The molecule has 0 aliphatic rings. The van der Waals surface area contributed by atoms with Gasteiger partial charge in [-0.3, -0.25) is 0 Å². The largest absolute Gasteiger partial charge is 0.370 e. The third-order valence-corrected chi connectivity index (χ3v) is 3.85. The lowest BCUT2D eigenvalue weighted by Gasteiger charge is -2.05. The summed E-state index contributed by atoms with van der Waals surface area (Å²) in [5.41, 5.74) is 7.37. The molecule has 0 amide bonds. The van der Waals surface area contributed by atoms with Gasteiger partial charge in [0.05, 0.1) is 6.54 Å². The summed E-state index contributed by atoms with van der Waals surface area (Å²) < 4.78 is 13.1. The predicted molar refractivity (Wildman–Crippen MR) is 97.9 cm³/mol. The molecular weight excluding hydrogens is 400 g/mol. The van der Waals surface area contributed by atoms with Gasteiger partial charge in [0.1, 0.15) is 5.82 Å². The van der Waals surface area contributed by atoms with Crippen LogP contribution in [0.25, 0.3) is 0 Å². The van der Waals surface area contributed by atoms with Crippen LogP contribution in [0.5, 0.6) is 0 Å². The molecule has 0 radical (unpaired) electrons. The minimum atomic E-state index is -0.195. The first-order chi connectivity index (χ1) is 9.65. The second-order valence-electron chi connectivity index (χ2n) is 4.54. The molecule has 0 unspecified atom stereocenters. The van der Waals surface area contributed by atoms with Gasteiger partial charge in [0, 0.05) is 11.4 Å². The maximum Gasteiger partial charge on any atom is 0.188 e. The number of rotatable bonds is 5. The van der Waals surface area contributed by atoms with Crippen LogP contribution in [0.4, 0.5) is 4.39 Å². The number of nitrogens with one attached hydrogen (secondary N) is 1. The van der Waals surface area contributed by atoms with E-state index in [9.17, 15) is 4.39 Å². The molecule has 114 valence electrons. The fraction of sp³-hybridized carbons (Fsp3) is 0.267. The van der Waals surface area contributed by atoms with Crippen molar-refractivity contribution in [3.05, 3.63) is 57.5 Å². The normalized spacial score (nSPS) is 11.0. The highest BCUT2D eigenvalue weighted by Crippen LogP contribution is 2.10. The van der Waals surface area contributed by atoms with E-state index in [0.29, 0.717) is 18.1 Å². The summed E-state index contributed by atoms with van der Waals surface area (Å²) in [5.74, 6) is 0.225. The fourth-order valence-electron chi connectivity index (χ4n) is 1.81. The van der Waals surface area contributed by atoms with Crippen LogP contribution in [0.15, 0.2) is 40.7 Å². The molecule has 0 spiro atoms. The third-order valence-electron chi connectivity index (χ3n) is 2.91. The number of aryl methyl sites for hydroxylation is 1. The van der Waals surface area contributed by atoms with Crippen molar-refractivity contribution in [3.8, 4) is 0 Å². The summed E-state index contributed by atoms with van der Waals surface area (Å²) in [7, 11) is 0. The van der Waals surface area contributed by atoms with E-state index in [0.717, 1.165) is 18.5 Å². The standard InChI is InChI=1S/C15H18FN3S.HI/c1-11-9-12(4-5-14(11)16)10-19-15(17)18-7-6-13-3-2-8-20-13;/h2-5,8-9H,6-7,10H2,1H3,(H3,17,18,19);1H. The number of nitrogens with two attached hydrogens (primary N) is 1. The van der Waals surface area contributed by atoms with Gasteiger partial charge in [-0.2, -0.15) is 0 Å². The van der Waals surface area contributed by atoms with Crippen LogP contribution < -0.4 is 11.1 Å². The number of hydrogen-bond acceptors (Lipinski definition) is 2. The van der Waals surface area contributed by atoms with Gasteiger partial charge in [0.25, 0.3) is 0 Å². The van der Waals surface area contributed by atoms with Gasteiger partial charge >= 0.3 is 0 Å². The van der Waals surface area contributed by atoms with E-state index in [1.165, 1.54) is 10.9 Å². The highest BCUT2D eigenvalue weighted by Gasteiger charge is 1.99. The Morgan fingerprint density at radius 1 is 1.38 bits per heavy atom. The summed E-state index contributed by atoms with van der Waals surface area (Å²) in [5, 5.41) is 5.14. The van der Waals surface area contributed by atoms with Crippen LogP contribution in [-0.2, 0) is 13.0 Å². The van der Waals surface area contributed by atoms with Crippen LogP contribution in [0, 0.1) is 12.7 Å². The zero-order chi connectivity index (χ0) is 14.4. The molecule has 2 rings (SSSR count). The zero-order valence-corrected chi connectivity index (χ0v) is 15.0. The Morgan fingerprint density at radius 3 is 2.86 bits per heavy atom. The Morgan fingerprint density at radius 2 is 2.19 bits per heavy atom. The van der Waals surface area contributed by atoms with Crippen LogP contribution in [0.3, 0.4) is 0 Å². The first-order valence-electron chi connectivity index (χ1n) is 6.46. The smallest absolute Gasteiger partial charge is 0.188 e. The molecule has 0 bridgehead atoms. The van der Waals surface area contributed by atoms with Crippen LogP contribution in [0.1, 0.15) is 16.0 Å². The lowest BCUT2D eigenvalue weighted by molar-refractivity contribution is 0.617. The molecule has 0 fully saturated rings. The molecule has 0 saturated heterocycles. The molecule has 1 aromatic carbocycles. The van der Waals surface area contributed by atoms with E-state index in [2.05, 4.69) is 21.8 Å². The first-order valence-corrected chi connectivity index (χ1v) is 7.34. The van der Waals surface area contributed by atoms with Crippen molar-refractivity contribution in [2.75, 3.05) is 6.54 Å². The van der Waals surface area contributed by atoms with Crippen molar-refractivity contribution in [1.29, 1.82) is 0 Å². The van der Waals surface area contributed by atoms with E-state index in [-0.39, 0.29) is 29.8 Å². The van der Waals surface area contributed by atoms with E-state index < -0.39 is 0 Å². The molecule has 0 aliphatic carbocycles. The molecule has 0 atom stereocenters. The second kappa shape index (κ2) is 8.99. The van der Waals surface area contributed by atoms with Gasteiger partial charge in [0.15, 0.2) is 5.96 Å². The maximum absolute atomic E-state index is 13.1. The molecule has 2 aromatic rings. The highest BCUT2D eigenvalue weighted by atomic mass is 127. The number of halogens is 2. The van der Waals surface area contributed by atoms with Crippen molar-refractivity contribution in [3.63, 3.8) is 0 Å². The van der Waals surface area contributed by atoms with Crippen molar-refractivity contribution < 1.29 is 4.39 Å². The monoisotopic (exact) mass is 419 g/mol. The minimum absolute atomic E-state index is 0. The van der Waals surface area contributed by atoms with E-state index >= 15 is 0 Å². The Labute approximate surface area is 145 Å². The van der Waals surface area contributed by atoms with E-state index in [1.807, 2.05) is 6.07 Å². The number of benzene rings is 1. The third kappa shape index (κ3) is 6.01. The van der Waals surface area contributed by atoms with Gasteiger partial charge in [-0.05, 0) is 42.0 Å². The summed E-state index contributed by atoms with van der Waals surface area (Å²) in [6, 6.07) is 9.11. The number of nitrogens with zero attached hydrogens (tertiary/aromatic N) is 1. The summed E-state index contributed by atoms with van der Waals surface area (Å²) in [6.07, 6.45) is 0.934. The zero-order valence-electron chi connectivity index (χ0n) is 11.8. The molecule has 3 nitrogen and oxygen atoms in total. The number of guanidine groups is 1. The topological polar surface area (TPSA) is 50.4 Å². The van der Waals surface area contributed by atoms with Gasteiger partial charge in [-0.25, -0.2) is 9.38 Å². The average Bonchev–Trinajstić information content (AvgIpc) is 2.93. The quantitative estimate of drug-likeness (QED) is 0.443. The fourth-order valence-corrected chi connectivity index (χ4v) is 2.52. The minimum Gasteiger partial charge on any atom is -0.370 e. The maximum atomic E-state index is 13.1. The van der Waals surface area contributed by atoms with Crippen molar-refractivity contribution in [2.24, 2.45) is 10.7 Å². The Bertz CT molecular complexity index is 585. The molecule has 0 aliphatic heterocycles. The molecule has 21 heavy (non-hydrogen) atoms. The van der Waals surface area contributed by atoms with Crippen molar-refractivity contribution in [2.45, 2.75) is 19.9 Å². The summed E-state index contributed by atoms with van der Waals surface area (Å²) in [4.78, 5) is 5.57. The molecular formula is C15H19FIN3S. The van der Waals surface area contributed by atoms with E-state index in [1.54, 1.807) is 30.4 Å². The van der Waals surface area contributed by atoms with Gasteiger partial charge in [-0.1, -0.05) is 18.2 Å². The predicted octanol–water partition coefficient (Wildman–Crippen LogP) is 3.46. The number of thiophene rings is 1. The first kappa shape index (κ1) is 17.9. The van der Waals surface area contributed by atoms with Gasteiger partial charge in [-0.15, -0.1) is 35.3 Å². The van der Waals surface area contributed by atoms with Gasteiger partial charge < -0.3 is 11.1 Å². The van der Waals surface area contributed by atoms with Crippen molar-refractivity contribution >= 4 is 41.3 Å². The number of hydrogen-bond donors (Lipinski definition) is 2. The lowest BCUT2D eigenvalue weighted by atomic mass is 10.1. The van der Waals surface area contributed by atoms with Crippen molar-refractivity contribution in [1.82, 2.24) is 5.32 Å². The lowest BCUT2D eigenvalue weighted by Crippen LogP contribution is -2.33. The molecule has 1 heterocycles. The second-order valence-corrected chi connectivity index (χ2v) is 5.57. The summed E-state index contributed by atoms with van der Waals surface area (Å²) in [6.45, 7) is 2.96. The average molecular weight is 419 g/mol. The SMILES string of the molecule is Cc1cc(CN=C(N)NCCc2cccs2)ccc1F.I. The molecule has 3 N–H and O–H groups in total. The van der Waals surface area contributed by atoms with Crippen LogP contribution in [-0.4, -0.2) is 12.5 Å².